The van der Waals surface area contributed by atoms with Gasteiger partial charge in [-0.25, -0.2) is 14.3 Å². The highest BCUT2D eigenvalue weighted by molar-refractivity contribution is 7.99. The summed E-state index contributed by atoms with van der Waals surface area (Å²) in [5.41, 5.74) is 1.80. The van der Waals surface area contributed by atoms with Crippen molar-refractivity contribution in [3.8, 4) is 11.5 Å². The monoisotopic (exact) mass is 373 g/mol. The van der Waals surface area contributed by atoms with Gasteiger partial charge in [-0.2, -0.15) is 0 Å². The maximum Gasteiger partial charge on any atom is 0.346 e. The Hall–Kier alpha value is -2.67. The largest absolute Gasteiger partial charge is 0.494 e. The number of H-pyrrole nitrogens is 1. The molecular weight excluding hydrogens is 352 g/mol. The number of aromatic nitrogens is 2. The molecule has 0 amide bonds. The zero-order chi connectivity index (χ0) is 18.4. The molecule has 2 aromatic carbocycles. The van der Waals surface area contributed by atoms with Crippen molar-refractivity contribution in [3.63, 3.8) is 0 Å². The minimum Gasteiger partial charge on any atom is -0.494 e. The van der Waals surface area contributed by atoms with Crippen LogP contribution in [0.2, 0.25) is 0 Å². The van der Waals surface area contributed by atoms with Gasteiger partial charge in [-0.15, -0.1) is 0 Å². The second kappa shape index (κ2) is 8.62. The average Bonchev–Trinajstić information content (AvgIpc) is 2.97. The van der Waals surface area contributed by atoms with Crippen LogP contribution in [0.25, 0.3) is 11.0 Å². The Kier molecular flexibility index (Phi) is 6.01. The van der Waals surface area contributed by atoms with E-state index in [2.05, 4.69) is 4.98 Å². The van der Waals surface area contributed by atoms with Crippen LogP contribution in [0.4, 0.5) is 0 Å². The number of ether oxygens (including phenoxy) is 2. The fraction of sp³-hybridized carbons (Fsp3) is 0.263. The van der Waals surface area contributed by atoms with E-state index in [0.717, 1.165) is 27.7 Å². The summed E-state index contributed by atoms with van der Waals surface area (Å²) in [4.78, 5) is 14.5. The van der Waals surface area contributed by atoms with Gasteiger partial charge in [0.15, 0.2) is 17.6 Å². The van der Waals surface area contributed by atoms with Gasteiger partial charge in [0.2, 0.25) is 0 Å². The van der Waals surface area contributed by atoms with E-state index in [0.29, 0.717) is 19.0 Å². The van der Waals surface area contributed by atoms with E-state index in [1.165, 1.54) is 11.8 Å². The first kappa shape index (κ1) is 18.1. The molecule has 2 N–H and O–H groups in total. The third-order valence-electron chi connectivity index (χ3n) is 3.70. The molecule has 0 unspecified atom stereocenters. The lowest BCUT2D eigenvalue weighted by atomic mass is 10.3. The summed E-state index contributed by atoms with van der Waals surface area (Å²) in [6.45, 7) is 3.02. The number of fused-ring (bicyclic) bond motifs is 1. The molecule has 0 saturated heterocycles. The average molecular weight is 373 g/mol. The predicted molar refractivity (Wildman–Crippen MR) is 100.0 cm³/mol. The van der Waals surface area contributed by atoms with Gasteiger partial charge < -0.3 is 14.6 Å². The third kappa shape index (κ3) is 4.49. The zero-order valence-corrected chi connectivity index (χ0v) is 15.3. The van der Waals surface area contributed by atoms with Crippen LogP contribution < -0.4 is 14.0 Å². The molecule has 6 nitrogen and oxygen atoms in total. The third-order valence-corrected chi connectivity index (χ3v) is 4.67. The Morgan fingerprint density at radius 1 is 1.12 bits per heavy atom. The Morgan fingerprint density at radius 3 is 2.50 bits per heavy atom. The number of carboxylic acid groups (broad SMARTS) is 1. The fourth-order valence-electron chi connectivity index (χ4n) is 2.61. The van der Waals surface area contributed by atoms with Crippen molar-refractivity contribution in [1.29, 1.82) is 0 Å². The summed E-state index contributed by atoms with van der Waals surface area (Å²) >= 11 is 1.54. The van der Waals surface area contributed by atoms with Crippen molar-refractivity contribution >= 4 is 28.8 Å². The minimum absolute atomic E-state index is 0.0773. The molecule has 136 valence electrons. The lowest BCUT2D eigenvalue weighted by Gasteiger charge is -2.07. The molecule has 0 saturated carbocycles. The number of benzene rings is 2. The molecule has 1 heterocycles. The summed E-state index contributed by atoms with van der Waals surface area (Å²) in [6, 6.07) is 15.2. The number of aliphatic carboxylic acids is 1. The SMILES string of the molecule is CCOc1ccc(OCCSc2[nH]c3ccccc3[n+]2CC(=O)O)cc1. The number of para-hydroxylation sites is 2. The van der Waals surface area contributed by atoms with E-state index in [1.807, 2.05) is 55.5 Å². The molecule has 0 atom stereocenters. The van der Waals surface area contributed by atoms with Crippen molar-refractivity contribution in [2.75, 3.05) is 19.0 Å². The lowest BCUT2D eigenvalue weighted by Crippen LogP contribution is -2.39. The number of nitrogens with zero attached hydrogens (tertiary/aromatic N) is 1. The van der Waals surface area contributed by atoms with Gasteiger partial charge in [-0.05, 0) is 55.1 Å². The zero-order valence-electron chi connectivity index (χ0n) is 14.5. The molecule has 0 spiro atoms. The van der Waals surface area contributed by atoms with Crippen molar-refractivity contribution in [1.82, 2.24) is 4.98 Å². The fourth-order valence-corrected chi connectivity index (χ4v) is 3.47. The standard InChI is InChI=1S/C19H20N2O4S/c1-2-24-14-7-9-15(10-8-14)25-11-12-26-19-20-16-5-3-4-6-17(16)21(19)13-18(22)23/h3-10H,2,11-13H2,1H3,(H,22,23)/p+1. The maximum atomic E-state index is 11.2. The van der Waals surface area contributed by atoms with Gasteiger partial charge in [0.05, 0.1) is 13.2 Å². The van der Waals surface area contributed by atoms with E-state index >= 15 is 0 Å². The first-order valence-corrected chi connectivity index (χ1v) is 9.36. The van der Waals surface area contributed by atoms with Crippen molar-refractivity contribution in [2.24, 2.45) is 0 Å². The highest BCUT2D eigenvalue weighted by Gasteiger charge is 2.20. The molecule has 7 heteroatoms. The first-order valence-electron chi connectivity index (χ1n) is 8.38. The Balaban J connectivity index is 1.60. The predicted octanol–water partition coefficient (Wildman–Crippen LogP) is 3.11. The lowest BCUT2D eigenvalue weighted by molar-refractivity contribution is -0.697. The van der Waals surface area contributed by atoms with Crippen LogP contribution in [0.5, 0.6) is 11.5 Å². The highest BCUT2D eigenvalue weighted by atomic mass is 32.2. The van der Waals surface area contributed by atoms with Crippen LogP contribution in [-0.2, 0) is 11.3 Å². The van der Waals surface area contributed by atoms with E-state index < -0.39 is 5.97 Å². The van der Waals surface area contributed by atoms with Gasteiger partial charge in [0.1, 0.15) is 11.5 Å². The summed E-state index contributed by atoms with van der Waals surface area (Å²) in [7, 11) is 0. The summed E-state index contributed by atoms with van der Waals surface area (Å²) in [5.74, 6) is 1.43. The van der Waals surface area contributed by atoms with Crippen LogP contribution in [0.15, 0.2) is 53.7 Å². The number of hydrogen-bond donors (Lipinski definition) is 2. The second-order valence-corrected chi connectivity index (χ2v) is 6.61. The quantitative estimate of drug-likeness (QED) is 0.342. The van der Waals surface area contributed by atoms with Gasteiger partial charge in [0.25, 0.3) is 0 Å². The highest BCUT2D eigenvalue weighted by Crippen LogP contribution is 2.20. The number of rotatable bonds is 9. The van der Waals surface area contributed by atoms with Crippen molar-refractivity contribution in [2.45, 2.75) is 18.6 Å². The molecule has 0 aliphatic rings. The van der Waals surface area contributed by atoms with E-state index in [-0.39, 0.29) is 6.54 Å². The number of thioether (sulfide) groups is 1. The van der Waals surface area contributed by atoms with Crippen LogP contribution in [0.3, 0.4) is 0 Å². The summed E-state index contributed by atoms with van der Waals surface area (Å²) in [6.07, 6.45) is 0. The second-order valence-electron chi connectivity index (χ2n) is 5.53. The van der Waals surface area contributed by atoms with Gasteiger partial charge in [-0.3, -0.25) is 0 Å². The topological polar surface area (TPSA) is 75.4 Å². The molecule has 3 rings (SSSR count). The molecule has 3 aromatic rings. The van der Waals surface area contributed by atoms with Crippen molar-refractivity contribution in [3.05, 3.63) is 48.5 Å². The molecule has 0 bridgehead atoms. The van der Waals surface area contributed by atoms with E-state index in [4.69, 9.17) is 9.47 Å². The summed E-state index contributed by atoms with van der Waals surface area (Å²) < 4.78 is 12.9. The molecular formula is C19H21N2O4S+. The van der Waals surface area contributed by atoms with Crippen LogP contribution in [-0.4, -0.2) is 35.0 Å². The van der Waals surface area contributed by atoms with E-state index in [1.54, 1.807) is 4.57 Å². The van der Waals surface area contributed by atoms with Crippen LogP contribution in [0.1, 0.15) is 6.92 Å². The molecule has 26 heavy (non-hydrogen) atoms. The number of carbonyl (C=O) groups is 1. The molecule has 0 fully saturated rings. The van der Waals surface area contributed by atoms with Crippen molar-refractivity contribution < 1.29 is 23.9 Å². The van der Waals surface area contributed by atoms with Crippen LogP contribution in [0, 0.1) is 0 Å². The normalized spacial score (nSPS) is 10.8. The van der Waals surface area contributed by atoms with E-state index in [9.17, 15) is 9.90 Å². The number of nitrogens with one attached hydrogen (secondary N) is 1. The van der Waals surface area contributed by atoms with Gasteiger partial charge in [-0.1, -0.05) is 12.1 Å². The smallest absolute Gasteiger partial charge is 0.346 e. The Labute approximate surface area is 155 Å². The Bertz CT molecular complexity index is 877. The number of aromatic amines is 1. The molecule has 1 aromatic heterocycles. The maximum absolute atomic E-state index is 11.2. The summed E-state index contributed by atoms with van der Waals surface area (Å²) in [5, 5.41) is 9.98. The first-order chi connectivity index (χ1) is 12.7. The number of imidazole rings is 1. The minimum atomic E-state index is -0.868. The number of hydrogen-bond acceptors (Lipinski definition) is 4. The Morgan fingerprint density at radius 2 is 1.81 bits per heavy atom. The molecule has 0 aliphatic carbocycles. The van der Waals surface area contributed by atoms with Crippen LogP contribution >= 0.6 is 11.8 Å². The van der Waals surface area contributed by atoms with Gasteiger partial charge in [0, 0.05) is 5.75 Å². The number of carboxylic acids is 1. The molecule has 0 radical (unpaired) electrons. The molecule has 0 aliphatic heterocycles. The van der Waals surface area contributed by atoms with Gasteiger partial charge >= 0.3 is 11.1 Å².